The third-order valence-corrected chi connectivity index (χ3v) is 5.20. The molecular formula is C20H16I2O. The smallest absolute Gasteiger partial charge is 0.185 e. The van der Waals surface area contributed by atoms with Gasteiger partial charge in [0.25, 0.3) is 0 Å². The Balaban J connectivity index is 1.89. The molecule has 0 bridgehead atoms. The maximum Gasteiger partial charge on any atom is 0.185 e. The molecular weight excluding hydrogens is 510 g/mol. The van der Waals surface area contributed by atoms with Crippen LogP contribution in [0, 0.1) is 7.14 Å². The molecule has 0 heterocycles. The monoisotopic (exact) mass is 526 g/mol. The first-order chi connectivity index (χ1) is 11.1. The average molecular weight is 526 g/mol. The predicted molar refractivity (Wildman–Crippen MR) is 113 cm³/mol. The summed E-state index contributed by atoms with van der Waals surface area (Å²) < 4.78 is 2.38. The molecule has 0 unspecified atom stereocenters. The first-order valence-corrected chi connectivity index (χ1v) is 9.74. The molecule has 1 nitrogen and oxygen atoms in total. The molecule has 0 aliphatic heterocycles. The van der Waals surface area contributed by atoms with E-state index in [0.29, 0.717) is 0 Å². The third-order valence-electron chi connectivity index (χ3n) is 3.85. The second-order valence-corrected chi connectivity index (χ2v) is 8.12. The topological polar surface area (TPSA) is 17.1 Å². The first-order valence-electron chi connectivity index (χ1n) is 7.59. The van der Waals surface area contributed by atoms with Crippen LogP contribution >= 0.6 is 45.2 Å². The quantitative estimate of drug-likeness (QED) is 0.341. The zero-order valence-corrected chi connectivity index (χ0v) is 16.9. The fourth-order valence-electron chi connectivity index (χ4n) is 2.77. The van der Waals surface area contributed by atoms with Crippen molar-refractivity contribution in [2.75, 3.05) is 0 Å². The molecule has 3 heteroatoms. The van der Waals surface area contributed by atoms with Crippen LogP contribution in [0.3, 0.4) is 0 Å². The fourth-order valence-corrected chi connectivity index (χ4v) is 3.91. The summed E-state index contributed by atoms with van der Waals surface area (Å²) in [6.45, 7) is 0. The van der Waals surface area contributed by atoms with Gasteiger partial charge < -0.3 is 0 Å². The molecule has 0 aromatic heterocycles. The van der Waals surface area contributed by atoms with Gasteiger partial charge in [-0.05, 0) is 112 Å². The molecule has 1 aliphatic carbocycles. The van der Waals surface area contributed by atoms with E-state index in [0.717, 1.165) is 41.5 Å². The van der Waals surface area contributed by atoms with Crippen molar-refractivity contribution in [1.82, 2.24) is 0 Å². The molecule has 0 spiro atoms. The van der Waals surface area contributed by atoms with Gasteiger partial charge in [-0.1, -0.05) is 24.3 Å². The maximum atomic E-state index is 12.8. The third kappa shape index (κ3) is 4.53. The Morgan fingerprint density at radius 2 is 1.26 bits per heavy atom. The lowest BCUT2D eigenvalue weighted by atomic mass is 9.87. The Bertz CT molecular complexity index is 737. The predicted octanol–water partition coefficient (Wildman–Crippen LogP) is 6.12. The summed E-state index contributed by atoms with van der Waals surface area (Å²) in [5.74, 6) is 0.203. The van der Waals surface area contributed by atoms with Crippen molar-refractivity contribution in [2.45, 2.75) is 19.3 Å². The molecule has 1 aliphatic rings. The summed E-state index contributed by atoms with van der Waals surface area (Å²) in [5, 5.41) is 0. The lowest BCUT2D eigenvalue weighted by Gasteiger charge is -2.16. The minimum atomic E-state index is 0.203. The lowest BCUT2D eigenvalue weighted by molar-refractivity contribution is -0.112. The Morgan fingerprint density at radius 3 is 1.70 bits per heavy atom. The van der Waals surface area contributed by atoms with Gasteiger partial charge in [-0.15, -0.1) is 0 Å². The summed E-state index contributed by atoms with van der Waals surface area (Å²) in [5.41, 5.74) is 4.07. The fraction of sp³-hybridized carbons (Fsp3) is 0.150. The zero-order chi connectivity index (χ0) is 16.2. The Labute approximate surface area is 164 Å². The van der Waals surface area contributed by atoms with Crippen LogP contribution in [-0.2, 0) is 4.79 Å². The number of carbonyl (C=O) groups excluding carboxylic acids is 1. The van der Waals surface area contributed by atoms with Gasteiger partial charge in [0.2, 0.25) is 0 Å². The van der Waals surface area contributed by atoms with E-state index in [9.17, 15) is 4.79 Å². The van der Waals surface area contributed by atoms with Crippen LogP contribution in [-0.4, -0.2) is 5.78 Å². The molecule has 1 fully saturated rings. The van der Waals surface area contributed by atoms with Crippen molar-refractivity contribution in [3.05, 3.63) is 77.9 Å². The van der Waals surface area contributed by atoms with Crippen LogP contribution in [0.5, 0.6) is 0 Å². The standard InChI is InChI=1S/C20H16I2O/c21-18-8-1-4-14(12-18)10-16-6-3-7-17(20(16)23)11-15-5-2-9-19(22)13-15/h1-2,4-5,8-13H,3,6-7H2. The van der Waals surface area contributed by atoms with E-state index in [1.807, 2.05) is 24.3 Å². The van der Waals surface area contributed by atoms with E-state index >= 15 is 0 Å². The first kappa shape index (κ1) is 16.9. The average Bonchev–Trinajstić information content (AvgIpc) is 2.51. The Kier molecular flexibility index (Phi) is 5.69. The van der Waals surface area contributed by atoms with Crippen molar-refractivity contribution >= 4 is 63.1 Å². The van der Waals surface area contributed by atoms with Crippen LogP contribution in [0.15, 0.2) is 59.7 Å². The Morgan fingerprint density at radius 1 is 0.783 bits per heavy atom. The summed E-state index contributed by atoms with van der Waals surface area (Å²) in [4.78, 5) is 12.8. The van der Waals surface area contributed by atoms with Crippen molar-refractivity contribution in [3.8, 4) is 0 Å². The van der Waals surface area contributed by atoms with Crippen LogP contribution < -0.4 is 0 Å². The number of ketones is 1. The van der Waals surface area contributed by atoms with E-state index in [-0.39, 0.29) is 5.78 Å². The molecule has 0 amide bonds. The minimum absolute atomic E-state index is 0.203. The maximum absolute atomic E-state index is 12.8. The number of hydrogen-bond acceptors (Lipinski definition) is 1. The SMILES string of the molecule is O=C1C(=Cc2cccc(I)c2)CCCC1=Cc1cccc(I)c1. The van der Waals surface area contributed by atoms with Crippen LogP contribution in [0.2, 0.25) is 0 Å². The summed E-state index contributed by atoms with van der Waals surface area (Å²) in [6.07, 6.45) is 6.87. The van der Waals surface area contributed by atoms with E-state index in [2.05, 4.69) is 81.6 Å². The van der Waals surface area contributed by atoms with Gasteiger partial charge in [-0.25, -0.2) is 0 Å². The highest BCUT2D eigenvalue weighted by Gasteiger charge is 2.20. The van der Waals surface area contributed by atoms with Gasteiger partial charge in [0.15, 0.2) is 5.78 Å². The Hall–Kier alpha value is -0.950. The number of hydrogen-bond donors (Lipinski definition) is 0. The molecule has 0 radical (unpaired) electrons. The number of benzene rings is 2. The number of rotatable bonds is 2. The van der Waals surface area contributed by atoms with Gasteiger partial charge in [0, 0.05) is 18.3 Å². The van der Waals surface area contributed by atoms with Gasteiger partial charge >= 0.3 is 0 Å². The molecule has 1 saturated carbocycles. The summed E-state index contributed by atoms with van der Waals surface area (Å²) in [7, 11) is 0. The molecule has 3 rings (SSSR count). The van der Waals surface area contributed by atoms with Gasteiger partial charge in [-0.2, -0.15) is 0 Å². The number of halogens is 2. The van der Waals surface area contributed by atoms with E-state index in [1.165, 1.54) is 7.14 Å². The van der Waals surface area contributed by atoms with Gasteiger partial charge in [-0.3, -0.25) is 4.79 Å². The molecule has 2 aromatic rings. The normalized spacial score (nSPS) is 18.6. The van der Waals surface area contributed by atoms with Crippen molar-refractivity contribution in [3.63, 3.8) is 0 Å². The second kappa shape index (κ2) is 7.75. The molecule has 0 saturated heterocycles. The highest BCUT2D eigenvalue weighted by molar-refractivity contribution is 14.1. The van der Waals surface area contributed by atoms with E-state index < -0.39 is 0 Å². The number of allylic oxidation sites excluding steroid dienone is 2. The molecule has 0 atom stereocenters. The second-order valence-electron chi connectivity index (χ2n) is 5.63. The summed E-state index contributed by atoms with van der Waals surface area (Å²) >= 11 is 4.60. The van der Waals surface area contributed by atoms with Crippen LogP contribution in [0.1, 0.15) is 30.4 Å². The van der Waals surface area contributed by atoms with E-state index in [1.54, 1.807) is 0 Å². The van der Waals surface area contributed by atoms with Crippen LogP contribution in [0.25, 0.3) is 12.2 Å². The molecule has 2 aromatic carbocycles. The largest absolute Gasteiger partial charge is 0.289 e. The number of carbonyl (C=O) groups is 1. The number of Topliss-reactive ketones (excluding diaryl/α,β-unsaturated/α-hetero) is 1. The van der Waals surface area contributed by atoms with E-state index in [4.69, 9.17) is 0 Å². The van der Waals surface area contributed by atoms with Gasteiger partial charge in [0.1, 0.15) is 0 Å². The molecule has 0 N–H and O–H groups in total. The zero-order valence-electron chi connectivity index (χ0n) is 12.6. The van der Waals surface area contributed by atoms with Crippen molar-refractivity contribution < 1.29 is 4.79 Å². The summed E-state index contributed by atoms with van der Waals surface area (Å²) in [6, 6.07) is 16.5. The highest BCUT2D eigenvalue weighted by atomic mass is 127. The highest BCUT2D eigenvalue weighted by Crippen LogP contribution is 2.28. The lowest BCUT2D eigenvalue weighted by Crippen LogP contribution is -2.12. The van der Waals surface area contributed by atoms with Crippen molar-refractivity contribution in [1.29, 1.82) is 0 Å². The minimum Gasteiger partial charge on any atom is -0.289 e. The molecule has 23 heavy (non-hydrogen) atoms. The van der Waals surface area contributed by atoms with Crippen LogP contribution in [0.4, 0.5) is 0 Å². The van der Waals surface area contributed by atoms with Crippen molar-refractivity contribution in [2.24, 2.45) is 0 Å². The van der Waals surface area contributed by atoms with Gasteiger partial charge in [0.05, 0.1) is 0 Å². The molecule has 116 valence electrons.